The van der Waals surface area contributed by atoms with Crippen LogP contribution in [-0.4, -0.2) is 61.4 Å². The lowest BCUT2D eigenvalue weighted by Crippen LogP contribution is -2.54. The third kappa shape index (κ3) is 6.57. The summed E-state index contributed by atoms with van der Waals surface area (Å²) in [6.45, 7) is 2.28. The number of unbranched alkanes of at least 4 members (excludes halogenated alkanes) is 1. The minimum absolute atomic E-state index is 0.0852. The molecule has 0 spiro atoms. The van der Waals surface area contributed by atoms with Gasteiger partial charge in [0, 0.05) is 18.3 Å². The number of nitrogens with zero attached hydrogens (tertiary/aromatic N) is 5. The summed E-state index contributed by atoms with van der Waals surface area (Å²) < 4.78 is 5.16. The van der Waals surface area contributed by atoms with Crippen molar-refractivity contribution < 1.29 is 19.1 Å². The highest BCUT2D eigenvalue weighted by atomic mass is 16.5. The molecule has 2 amide bonds. The zero-order valence-electron chi connectivity index (χ0n) is 20.4. The van der Waals surface area contributed by atoms with Gasteiger partial charge in [0.15, 0.2) is 5.78 Å². The molecule has 5 N–H and O–H groups in total. The number of ketones is 1. The first-order chi connectivity index (χ1) is 17.9. The highest BCUT2D eigenvalue weighted by Crippen LogP contribution is 2.24. The maximum Gasteiger partial charge on any atom is 0.407 e. The fraction of sp³-hybridized carbons (Fsp3) is 0.375. The maximum absolute atomic E-state index is 12.6. The van der Waals surface area contributed by atoms with Gasteiger partial charge in [0.1, 0.15) is 17.4 Å². The number of Topliss-reactive ketones (excluding diaryl/α,β-unsaturated/α-hetero) is 1. The molecule has 1 aromatic carbocycles. The van der Waals surface area contributed by atoms with Crippen molar-refractivity contribution in [3.63, 3.8) is 0 Å². The van der Waals surface area contributed by atoms with Gasteiger partial charge in [0.2, 0.25) is 5.95 Å². The highest BCUT2D eigenvalue weighted by molar-refractivity contribution is 5.98. The molecule has 13 nitrogen and oxygen atoms in total. The number of carbonyl (C=O) groups excluding carboxylic acids is 3. The Kier molecular flexibility index (Phi) is 8.23. The standard InChI is InChI=1S/C24H29N9O4/c1-2-3-12-37-24(36)31-20-18(8-5-9-19(20)34)30-23-26-14-17(21(25)35)22(32-23)29-15-6-4-7-16(13-15)33-27-10-11-28-33/h4,6-7,10-11,13-14,18,20H,2-3,5,8-9,12H2,1H3,(H2,25,35)(H,31,36)(H2,26,29,30,32)/t18-,20-/m1/s1. The van der Waals surface area contributed by atoms with E-state index < -0.39 is 24.1 Å². The van der Waals surface area contributed by atoms with Gasteiger partial charge in [-0.25, -0.2) is 9.78 Å². The molecule has 0 unspecified atom stereocenters. The van der Waals surface area contributed by atoms with E-state index in [0.717, 1.165) is 12.8 Å². The van der Waals surface area contributed by atoms with Crippen LogP contribution in [0.5, 0.6) is 0 Å². The van der Waals surface area contributed by atoms with Gasteiger partial charge < -0.3 is 26.4 Å². The van der Waals surface area contributed by atoms with Gasteiger partial charge in [-0.2, -0.15) is 20.0 Å². The summed E-state index contributed by atoms with van der Waals surface area (Å²) in [5, 5.41) is 17.1. The van der Waals surface area contributed by atoms with Crippen molar-refractivity contribution in [2.24, 2.45) is 5.73 Å². The number of ether oxygens (including phenoxy) is 1. The summed E-state index contributed by atoms with van der Waals surface area (Å²) in [6, 6.07) is 5.95. The topological polar surface area (TPSA) is 179 Å². The quantitative estimate of drug-likeness (QED) is 0.298. The molecule has 1 aliphatic rings. The fourth-order valence-corrected chi connectivity index (χ4v) is 3.94. The molecular formula is C24H29N9O4. The number of hydrogen-bond acceptors (Lipinski definition) is 10. The smallest absolute Gasteiger partial charge is 0.407 e. The summed E-state index contributed by atoms with van der Waals surface area (Å²) >= 11 is 0. The predicted octanol–water partition coefficient (Wildman–Crippen LogP) is 2.33. The second-order valence-electron chi connectivity index (χ2n) is 8.53. The van der Waals surface area contributed by atoms with E-state index in [2.05, 4.69) is 36.1 Å². The Morgan fingerprint density at radius 2 is 2.05 bits per heavy atom. The molecule has 1 fully saturated rings. The van der Waals surface area contributed by atoms with E-state index in [4.69, 9.17) is 10.5 Å². The van der Waals surface area contributed by atoms with Crippen LogP contribution in [0.2, 0.25) is 0 Å². The van der Waals surface area contributed by atoms with Crippen LogP contribution >= 0.6 is 0 Å². The predicted molar refractivity (Wildman–Crippen MR) is 135 cm³/mol. The highest BCUT2D eigenvalue weighted by Gasteiger charge is 2.34. The number of nitrogens with two attached hydrogens (primary N) is 1. The Bertz CT molecular complexity index is 1250. The molecule has 1 aliphatic carbocycles. The zero-order chi connectivity index (χ0) is 26.2. The summed E-state index contributed by atoms with van der Waals surface area (Å²) in [6.07, 6.45) is 7.04. The van der Waals surface area contributed by atoms with Crippen LogP contribution in [0.25, 0.3) is 5.69 Å². The average molecular weight is 508 g/mol. The molecular weight excluding hydrogens is 478 g/mol. The molecule has 194 valence electrons. The van der Waals surface area contributed by atoms with E-state index in [9.17, 15) is 14.4 Å². The summed E-state index contributed by atoms with van der Waals surface area (Å²) in [5.74, 6) is -0.460. The summed E-state index contributed by atoms with van der Waals surface area (Å²) in [4.78, 5) is 47.0. The molecule has 4 rings (SSSR count). The first-order valence-electron chi connectivity index (χ1n) is 12.1. The van der Waals surface area contributed by atoms with Gasteiger partial charge >= 0.3 is 6.09 Å². The molecule has 3 aromatic rings. The lowest BCUT2D eigenvalue weighted by Gasteiger charge is -2.31. The third-order valence-electron chi connectivity index (χ3n) is 5.82. The second-order valence-corrected chi connectivity index (χ2v) is 8.53. The number of rotatable bonds is 10. The van der Waals surface area contributed by atoms with Gasteiger partial charge in [-0.15, -0.1) is 0 Å². The largest absolute Gasteiger partial charge is 0.450 e. The molecule has 0 saturated heterocycles. The molecule has 2 aromatic heterocycles. The van der Waals surface area contributed by atoms with Crippen molar-refractivity contribution in [2.45, 2.75) is 51.1 Å². The maximum atomic E-state index is 12.6. The van der Waals surface area contributed by atoms with Gasteiger partial charge in [-0.3, -0.25) is 9.59 Å². The fourth-order valence-electron chi connectivity index (χ4n) is 3.94. The number of nitrogens with one attached hydrogen (secondary N) is 3. The molecule has 13 heteroatoms. The number of aromatic nitrogens is 5. The monoisotopic (exact) mass is 507 g/mol. The summed E-state index contributed by atoms with van der Waals surface area (Å²) in [7, 11) is 0. The average Bonchev–Trinajstić information content (AvgIpc) is 3.42. The van der Waals surface area contributed by atoms with Crippen molar-refractivity contribution in [1.82, 2.24) is 30.3 Å². The summed E-state index contributed by atoms with van der Waals surface area (Å²) in [5.41, 5.74) is 6.94. The van der Waals surface area contributed by atoms with Crippen LogP contribution in [0.4, 0.5) is 22.2 Å². The van der Waals surface area contributed by atoms with E-state index in [1.165, 1.54) is 11.0 Å². The third-order valence-corrected chi connectivity index (χ3v) is 5.82. The SMILES string of the molecule is CCCCOC(=O)N[C@H]1C(=O)CCC[C@H]1Nc1ncc(C(N)=O)c(Nc2cccc(-n3nccn3)c2)n1. The molecule has 0 aliphatic heterocycles. The van der Waals surface area contributed by atoms with Crippen LogP contribution in [0, 0.1) is 0 Å². The van der Waals surface area contributed by atoms with Crippen LogP contribution < -0.4 is 21.7 Å². The second kappa shape index (κ2) is 11.9. The lowest BCUT2D eigenvalue weighted by molar-refractivity contribution is -0.122. The minimum Gasteiger partial charge on any atom is -0.450 e. The first kappa shape index (κ1) is 25.5. The number of carbonyl (C=O) groups is 3. The zero-order valence-corrected chi connectivity index (χ0v) is 20.4. The van der Waals surface area contributed by atoms with Gasteiger partial charge in [-0.1, -0.05) is 19.4 Å². The Hall–Kier alpha value is -4.55. The number of primary amides is 1. The van der Waals surface area contributed by atoms with Gasteiger partial charge in [0.25, 0.3) is 5.91 Å². The van der Waals surface area contributed by atoms with Crippen molar-refractivity contribution in [3.05, 3.63) is 48.4 Å². The molecule has 0 bridgehead atoms. The van der Waals surface area contributed by atoms with Gasteiger partial charge in [0.05, 0.1) is 30.7 Å². The number of alkyl carbamates (subject to hydrolysis) is 1. The van der Waals surface area contributed by atoms with Crippen molar-refractivity contribution in [2.75, 3.05) is 17.2 Å². The van der Waals surface area contributed by atoms with E-state index in [-0.39, 0.29) is 29.7 Å². The van der Waals surface area contributed by atoms with Crippen LogP contribution in [0.3, 0.4) is 0 Å². The number of amides is 2. The lowest BCUT2D eigenvalue weighted by atomic mass is 9.89. The molecule has 2 heterocycles. The number of benzene rings is 1. The first-order valence-corrected chi connectivity index (χ1v) is 12.1. The Balaban J connectivity index is 1.53. The van der Waals surface area contributed by atoms with E-state index in [0.29, 0.717) is 30.6 Å². The Morgan fingerprint density at radius 1 is 1.24 bits per heavy atom. The molecule has 1 saturated carbocycles. The Morgan fingerprint density at radius 3 is 2.81 bits per heavy atom. The minimum atomic E-state index is -0.794. The molecule has 2 atom stereocenters. The van der Waals surface area contributed by atoms with E-state index >= 15 is 0 Å². The molecule has 0 radical (unpaired) electrons. The van der Waals surface area contributed by atoms with E-state index in [1.807, 2.05) is 13.0 Å². The number of anilines is 3. The van der Waals surface area contributed by atoms with Crippen LogP contribution in [-0.2, 0) is 9.53 Å². The number of hydrogen-bond donors (Lipinski definition) is 4. The van der Waals surface area contributed by atoms with Crippen LogP contribution in [0.15, 0.2) is 42.9 Å². The Labute approximate surface area is 213 Å². The van der Waals surface area contributed by atoms with Crippen molar-refractivity contribution >= 4 is 35.2 Å². The van der Waals surface area contributed by atoms with E-state index in [1.54, 1.807) is 30.6 Å². The van der Waals surface area contributed by atoms with Crippen molar-refractivity contribution in [1.29, 1.82) is 0 Å². The molecule has 37 heavy (non-hydrogen) atoms. The van der Waals surface area contributed by atoms with Gasteiger partial charge in [-0.05, 0) is 37.5 Å². The van der Waals surface area contributed by atoms with Crippen molar-refractivity contribution in [3.8, 4) is 5.69 Å². The normalized spacial score (nSPS) is 17.2. The van der Waals surface area contributed by atoms with Crippen LogP contribution in [0.1, 0.15) is 49.4 Å².